The lowest BCUT2D eigenvalue weighted by Gasteiger charge is -2.14. The van der Waals surface area contributed by atoms with Gasteiger partial charge in [0.1, 0.15) is 5.82 Å². The number of halogens is 1. The zero-order chi connectivity index (χ0) is 14.9. The Bertz CT molecular complexity index is 649. The van der Waals surface area contributed by atoms with Gasteiger partial charge in [-0.3, -0.25) is 9.48 Å². The van der Waals surface area contributed by atoms with Crippen LogP contribution in [0.25, 0.3) is 0 Å². The maximum atomic E-state index is 13.9. The largest absolute Gasteiger partial charge is 0.345 e. The molecule has 0 aliphatic heterocycles. The molecule has 1 aromatic carbocycles. The number of carbonyl (C=O) groups excluding carboxylic acids is 1. The Kier molecular flexibility index (Phi) is 3.88. The molecule has 1 heterocycles. The quantitative estimate of drug-likeness (QED) is 0.936. The maximum absolute atomic E-state index is 13.9. The third-order valence-electron chi connectivity index (χ3n) is 3.52. The molecular formula is C15H18FN3O. The van der Waals surface area contributed by atoms with E-state index in [1.54, 1.807) is 29.9 Å². The van der Waals surface area contributed by atoms with E-state index in [0.717, 1.165) is 11.3 Å². The minimum atomic E-state index is -0.472. The van der Waals surface area contributed by atoms with Gasteiger partial charge in [0.15, 0.2) is 0 Å². The van der Waals surface area contributed by atoms with Gasteiger partial charge in [-0.25, -0.2) is 4.39 Å². The Balaban J connectivity index is 2.19. The average molecular weight is 275 g/mol. The van der Waals surface area contributed by atoms with Crippen molar-refractivity contribution in [3.63, 3.8) is 0 Å². The van der Waals surface area contributed by atoms with E-state index in [9.17, 15) is 9.18 Å². The molecule has 0 saturated carbocycles. The second kappa shape index (κ2) is 5.45. The molecule has 0 saturated heterocycles. The molecule has 1 N–H and O–H groups in total. The monoisotopic (exact) mass is 275 g/mol. The standard InChI is InChI=1S/C15H18FN3O/c1-9-6-5-7-12(14(9)16)15(20)18-10(2)13-8-17-19(4)11(13)3/h5-8,10H,1-4H3,(H,18,20). The summed E-state index contributed by atoms with van der Waals surface area (Å²) >= 11 is 0. The fourth-order valence-electron chi connectivity index (χ4n) is 2.12. The first-order valence-electron chi connectivity index (χ1n) is 6.46. The summed E-state index contributed by atoms with van der Waals surface area (Å²) < 4.78 is 15.7. The highest BCUT2D eigenvalue weighted by atomic mass is 19.1. The minimum absolute atomic E-state index is 0.0680. The average Bonchev–Trinajstić information content (AvgIpc) is 2.73. The third-order valence-corrected chi connectivity index (χ3v) is 3.52. The molecule has 5 heteroatoms. The van der Waals surface area contributed by atoms with Crippen LogP contribution < -0.4 is 5.32 Å². The summed E-state index contributed by atoms with van der Waals surface area (Å²) in [6, 6.07) is 4.57. The molecule has 106 valence electrons. The first-order valence-corrected chi connectivity index (χ1v) is 6.46. The Morgan fingerprint density at radius 2 is 2.10 bits per heavy atom. The van der Waals surface area contributed by atoms with Crippen molar-refractivity contribution >= 4 is 5.91 Å². The van der Waals surface area contributed by atoms with Crippen LogP contribution in [0.3, 0.4) is 0 Å². The molecule has 1 amide bonds. The van der Waals surface area contributed by atoms with Crippen LogP contribution in [0.1, 0.15) is 40.1 Å². The molecule has 0 aliphatic carbocycles. The molecule has 2 rings (SSSR count). The van der Waals surface area contributed by atoms with Gasteiger partial charge in [0.05, 0.1) is 17.8 Å². The number of hydrogen-bond donors (Lipinski definition) is 1. The van der Waals surface area contributed by atoms with Crippen LogP contribution in [0, 0.1) is 19.7 Å². The van der Waals surface area contributed by atoms with Gasteiger partial charge in [0.25, 0.3) is 5.91 Å². The van der Waals surface area contributed by atoms with E-state index < -0.39 is 11.7 Å². The number of hydrogen-bond acceptors (Lipinski definition) is 2. The molecule has 20 heavy (non-hydrogen) atoms. The summed E-state index contributed by atoms with van der Waals surface area (Å²) in [6.07, 6.45) is 1.72. The minimum Gasteiger partial charge on any atom is -0.345 e. The lowest BCUT2D eigenvalue weighted by Crippen LogP contribution is -2.27. The Labute approximate surface area is 117 Å². The number of nitrogens with one attached hydrogen (secondary N) is 1. The lowest BCUT2D eigenvalue weighted by atomic mass is 10.1. The van der Waals surface area contributed by atoms with Crippen LogP contribution in [-0.4, -0.2) is 15.7 Å². The van der Waals surface area contributed by atoms with Crippen molar-refractivity contribution in [1.82, 2.24) is 15.1 Å². The fourth-order valence-corrected chi connectivity index (χ4v) is 2.12. The first kappa shape index (κ1) is 14.2. The highest BCUT2D eigenvalue weighted by Gasteiger charge is 2.18. The lowest BCUT2D eigenvalue weighted by molar-refractivity contribution is 0.0935. The topological polar surface area (TPSA) is 46.9 Å². The number of benzene rings is 1. The van der Waals surface area contributed by atoms with Crippen molar-refractivity contribution in [3.05, 3.63) is 52.6 Å². The molecule has 1 unspecified atom stereocenters. The van der Waals surface area contributed by atoms with Gasteiger partial charge in [-0.2, -0.15) is 5.10 Å². The molecule has 1 aromatic heterocycles. The number of aryl methyl sites for hydroxylation is 2. The van der Waals surface area contributed by atoms with Crippen LogP contribution in [0.2, 0.25) is 0 Å². The number of nitrogens with zero attached hydrogens (tertiary/aromatic N) is 2. The zero-order valence-corrected chi connectivity index (χ0v) is 12.1. The van der Waals surface area contributed by atoms with E-state index in [4.69, 9.17) is 0 Å². The van der Waals surface area contributed by atoms with Crippen molar-refractivity contribution in [2.45, 2.75) is 26.8 Å². The van der Waals surface area contributed by atoms with Gasteiger partial charge >= 0.3 is 0 Å². The zero-order valence-electron chi connectivity index (χ0n) is 12.1. The van der Waals surface area contributed by atoms with Gasteiger partial charge < -0.3 is 5.32 Å². The summed E-state index contributed by atoms with van der Waals surface area (Å²) in [5.74, 6) is -0.887. The van der Waals surface area contributed by atoms with Crippen molar-refractivity contribution in [3.8, 4) is 0 Å². The van der Waals surface area contributed by atoms with E-state index >= 15 is 0 Å². The number of aromatic nitrogens is 2. The van der Waals surface area contributed by atoms with E-state index in [2.05, 4.69) is 10.4 Å². The van der Waals surface area contributed by atoms with Crippen LogP contribution in [-0.2, 0) is 7.05 Å². The molecule has 4 nitrogen and oxygen atoms in total. The predicted octanol–water partition coefficient (Wildman–Crippen LogP) is 2.67. The van der Waals surface area contributed by atoms with E-state index in [-0.39, 0.29) is 11.6 Å². The van der Waals surface area contributed by atoms with Crippen LogP contribution >= 0.6 is 0 Å². The smallest absolute Gasteiger partial charge is 0.254 e. The highest BCUT2D eigenvalue weighted by Crippen LogP contribution is 2.18. The molecule has 2 aromatic rings. The predicted molar refractivity (Wildman–Crippen MR) is 75.0 cm³/mol. The molecule has 1 atom stereocenters. The van der Waals surface area contributed by atoms with Gasteiger partial charge in [0, 0.05) is 18.3 Å². The normalized spacial score (nSPS) is 12.2. The SMILES string of the molecule is Cc1cccc(C(=O)NC(C)c2cnn(C)c2C)c1F. The Hall–Kier alpha value is -2.17. The van der Waals surface area contributed by atoms with Crippen LogP contribution in [0.5, 0.6) is 0 Å². The molecule has 0 radical (unpaired) electrons. The van der Waals surface area contributed by atoms with Gasteiger partial charge in [-0.05, 0) is 32.4 Å². The second-order valence-electron chi connectivity index (χ2n) is 4.94. The van der Waals surface area contributed by atoms with Crippen LogP contribution in [0.4, 0.5) is 4.39 Å². The third kappa shape index (κ3) is 2.57. The molecule has 0 spiro atoms. The maximum Gasteiger partial charge on any atom is 0.254 e. The second-order valence-corrected chi connectivity index (χ2v) is 4.94. The molecular weight excluding hydrogens is 257 g/mol. The molecule has 0 bridgehead atoms. The van der Waals surface area contributed by atoms with E-state index in [1.165, 1.54) is 6.07 Å². The highest BCUT2D eigenvalue weighted by molar-refractivity contribution is 5.94. The van der Waals surface area contributed by atoms with Gasteiger partial charge in [-0.15, -0.1) is 0 Å². The molecule has 0 fully saturated rings. The summed E-state index contributed by atoms with van der Waals surface area (Å²) in [4.78, 5) is 12.1. The number of carbonyl (C=O) groups is 1. The Morgan fingerprint density at radius 1 is 1.40 bits per heavy atom. The Morgan fingerprint density at radius 3 is 2.70 bits per heavy atom. The summed E-state index contributed by atoms with van der Waals surface area (Å²) in [5.41, 5.74) is 2.43. The van der Waals surface area contributed by atoms with Gasteiger partial charge in [0.2, 0.25) is 0 Å². The number of amides is 1. The van der Waals surface area contributed by atoms with Crippen molar-refractivity contribution in [2.75, 3.05) is 0 Å². The van der Waals surface area contributed by atoms with E-state index in [0.29, 0.717) is 5.56 Å². The number of rotatable bonds is 3. The first-order chi connectivity index (χ1) is 9.41. The fraction of sp³-hybridized carbons (Fsp3) is 0.333. The summed E-state index contributed by atoms with van der Waals surface area (Å²) in [6.45, 7) is 5.43. The molecule has 0 aliphatic rings. The van der Waals surface area contributed by atoms with Crippen LogP contribution in [0.15, 0.2) is 24.4 Å². The van der Waals surface area contributed by atoms with Gasteiger partial charge in [-0.1, -0.05) is 12.1 Å². The van der Waals surface area contributed by atoms with Crippen molar-refractivity contribution in [1.29, 1.82) is 0 Å². The van der Waals surface area contributed by atoms with Crippen molar-refractivity contribution in [2.24, 2.45) is 7.05 Å². The van der Waals surface area contributed by atoms with Crippen molar-refractivity contribution < 1.29 is 9.18 Å². The summed E-state index contributed by atoms with van der Waals surface area (Å²) in [5, 5.41) is 6.94. The summed E-state index contributed by atoms with van der Waals surface area (Å²) in [7, 11) is 1.84. The van der Waals surface area contributed by atoms with E-state index in [1.807, 2.05) is 20.9 Å².